The largest absolute Gasteiger partial charge is 0.472 e. The standard InChI is InChI=1S/C43H82NO7P/c1-6-8-10-12-14-16-18-20-21-22-23-24-26-28-30-32-34-36-43(45)51-42(41-50-52(46,47)49-39-37-44(3,4)5)40-48-38-35-33-31-29-27-25-19-17-15-13-11-9-7-2/h14-17,20-21,42H,6-13,18-19,22-41H2,1-5H3/p+1/b16-14-,17-15-,21-20-. The summed E-state index contributed by atoms with van der Waals surface area (Å²) in [5, 5.41) is 0. The Morgan fingerprint density at radius 3 is 1.58 bits per heavy atom. The van der Waals surface area contributed by atoms with Gasteiger partial charge in [0.05, 0.1) is 34.4 Å². The van der Waals surface area contributed by atoms with Crippen molar-refractivity contribution >= 4 is 13.8 Å². The molecule has 1 N–H and O–H groups in total. The van der Waals surface area contributed by atoms with Crippen molar-refractivity contribution in [1.82, 2.24) is 0 Å². The number of unbranched alkanes of at least 4 members (excludes halogenated alkanes) is 19. The number of nitrogens with zero attached hydrogens (tertiary/aromatic N) is 1. The summed E-state index contributed by atoms with van der Waals surface area (Å²) in [5.74, 6) is -0.325. The summed E-state index contributed by atoms with van der Waals surface area (Å²) in [6.07, 6.45) is 41.6. The van der Waals surface area contributed by atoms with E-state index >= 15 is 0 Å². The highest BCUT2D eigenvalue weighted by Gasteiger charge is 2.26. The molecule has 0 saturated heterocycles. The molecule has 0 aromatic rings. The molecule has 0 heterocycles. The maximum Gasteiger partial charge on any atom is 0.472 e. The summed E-state index contributed by atoms with van der Waals surface area (Å²) < 4.78 is 34.9. The number of carbonyl (C=O) groups is 1. The van der Waals surface area contributed by atoms with E-state index in [0.29, 0.717) is 24.1 Å². The van der Waals surface area contributed by atoms with Gasteiger partial charge in [0.25, 0.3) is 0 Å². The average Bonchev–Trinajstić information content (AvgIpc) is 3.09. The van der Waals surface area contributed by atoms with Gasteiger partial charge in [0, 0.05) is 13.0 Å². The van der Waals surface area contributed by atoms with Crippen molar-refractivity contribution in [3.05, 3.63) is 36.5 Å². The molecule has 0 aromatic heterocycles. The fourth-order valence-corrected chi connectivity index (χ4v) is 6.32. The summed E-state index contributed by atoms with van der Waals surface area (Å²) in [6, 6.07) is 0. The van der Waals surface area contributed by atoms with Gasteiger partial charge in [0.15, 0.2) is 0 Å². The first-order chi connectivity index (χ1) is 25.1. The van der Waals surface area contributed by atoms with E-state index < -0.39 is 13.9 Å². The number of hydrogen-bond donors (Lipinski definition) is 1. The van der Waals surface area contributed by atoms with Crippen molar-refractivity contribution in [3.8, 4) is 0 Å². The van der Waals surface area contributed by atoms with E-state index in [9.17, 15) is 14.3 Å². The summed E-state index contributed by atoms with van der Waals surface area (Å²) in [6.45, 7) is 5.55. The molecule has 2 unspecified atom stereocenters. The van der Waals surface area contributed by atoms with Crippen LogP contribution >= 0.6 is 7.82 Å². The molecule has 0 bridgehead atoms. The van der Waals surface area contributed by atoms with Crippen LogP contribution in [0.4, 0.5) is 0 Å². The zero-order valence-corrected chi connectivity index (χ0v) is 35.4. The monoisotopic (exact) mass is 757 g/mol. The van der Waals surface area contributed by atoms with E-state index in [1.54, 1.807) is 0 Å². The number of likely N-dealkylation sites (N-methyl/N-ethyl adjacent to an activating group) is 1. The third-order valence-electron chi connectivity index (χ3n) is 8.92. The van der Waals surface area contributed by atoms with Gasteiger partial charge in [-0.2, -0.15) is 0 Å². The van der Waals surface area contributed by atoms with Crippen LogP contribution in [0.3, 0.4) is 0 Å². The minimum absolute atomic E-state index is 0.0855. The molecule has 52 heavy (non-hydrogen) atoms. The van der Waals surface area contributed by atoms with Crippen molar-refractivity contribution in [2.75, 3.05) is 54.1 Å². The van der Waals surface area contributed by atoms with Gasteiger partial charge in [-0.15, -0.1) is 0 Å². The lowest BCUT2D eigenvalue weighted by Gasteiger charge is -2.24. The number of rotatable bonds is 39. The Hall–Kier alpha value is -1.28. The quantitative estimate of drug-likeness (QED) is 0.0219. The number of quaternary nitrogens is 1. The Labute approximate surface area is 321 Å². The molecular weight excluding hydrogens is 673 g/mol. The Balaban J connectivity index is 4.27. The molecule has 0 fully saturated rings. The van der Waals surface area contributed by atoms with Gasteiger partial charge in [-0.25, -0.2) is 4.57 Å². The number of phosphoric ester groups is 1. The van der Waals surface area contributed by atoms with E-state index in [4.69, 9.17) is 18.5 Å². The lowest BCUT2D eigenvalue weighted by Crippen LogP contribution is -2.37. The average molecular weight is 757 g/mol. The van der Waals surface area contributed by atoms with Gasteiger partial charge in [-0.1, -0.05) is 134 Å². The SMILES string of the molecule is CCCCC/C=C\C/C=C\CCCCCCCCCC(=O)OC(COCCCCCCCC/C=C\CCCCC)COP(=O)(O)OCC[N+](C)(C)C. The second kappa shape index (κ2) is 36.7. The zero-order chi connectivity index (χ0) is 38.4. The highest BCUT2D eigenvalue weighted by atomic mass is 31.2. The van der Waals surface area contributed by atoms with Crippen LogP contribution in [-0.4, -0.2) is 75.6 Å². The molecule has 0 aromatic carbocycles. The van der Waals surface area contributed by atoms with Crippen LogP contribution in [0.2, 0.25) is 0 Å². The summed E-state index contributed by atoms with van der Waals surface area (Å²) in [7, 11) is 1.66. The topological polar surface area (TPSA) is 91.3 Å². The second-order valence-corrected chi connectivity index (χ2v) is 16.8. The van der Waals surface area contributed by atoms with Crippen LogP contribution in [0.15, 0.2) is 36.5 Å². The molecule has 0 aliphatic rings. The van der Waals surface area contributed by atoms with Crippen molar-refractivity contribution in [2.45, 2.75) is 180 Å². The van der Waals surface area contributed by atoms with E-state index in [1.807, 2.05) is 21.1 Å². The maximum atomic E-state index is 12.7. The normalized spacial score (nSPS) is 14.2. The summed E-state index contributed by atoms with van der Waals surface area (Å²) in [4.78, 5) is 22.8. The molecular formula is C43H83NO7P+. The van der Waals surface area contributed by atoms with Gasteiger partial charge in [-0.05, 0) is 70.6 Å². The first-order valence-electron chi connectivity index (χ1n) is 21.2. The Morgan fingerprint density at radius 1 is 0.596 bits per heavy atom. The molecule has 0 radical (unpaired) electrons. The van der Waals surface area contributed by atoms with Crippen molar-refractivity contribution in [3.63, 3.8) is 0 Å². The number of esters is 1. The minimum atomic E-state index is -4.27. The molecule has 0 rings (SSSR count). The summed E-state index contributed by atoms with van der Waals surface area (Å²) in [5.41, 5.74) is 0. The molecule has 8 nitrogen and oxygen atoms in total. The highest BCUT2D eigenvalue weighted by Crippen LogP contribution is 2.43. The smallest absolute Gasteiger partial charge is 0.457 e. The van der Waals surface area contributed by atoms with Crippen LogP contribution in [-0.2, 0) is 27.9 Å². The molecule has 0 saturated carbocycles. The van der Waals surface area contributed by atoms with Crippen molar-refractivity contribution in [1.29, 1.82) is 0 Å². The third-order valence-corrected chi connectivity index (χ3v) is 9.91. The van der Waals surface area contributed by atoms with Crippen LogP contribution in [0.5, 0.6) is 0 Å². The lowest BCUT2D eigenvalue weighted by molar-refractivity contribution is -0.870. The molecule has 0 aliphatic carbocycles. The van der Waals surface area contributed by atoms with E-state index in [0.717, 1.165) is 44.9 Å². The predicted octanol–water partition coefficient (Wildman–Crippen LogP) is 12.2. The van der Waals surface area contributed by atoms with Crippen molar-refractivity contribution < 1.29 is 37.3 Å². The number of carbonyl (C=O) groups excluding carboxylic acids is 1. The second-order valence-electron chi connectivity index (χ2n) is 15.4. The Bertz CT molecular complexity index is 931. The molecule has 9 heteroatoms. The Morgan fingerprint density at radius 2 is 1.06 bits per heavy atom. The zero-order valence-electron chi connectivity index (χ0n) is 34.5. The Kier molecular flexibility index (Phi) is 35.8. The fourth-order valence-electron chi connectivity index (χ4n) is 5.58. The van der Waals surface area contributed by atoms with E-state index in [-0.39, 0.29) is 25.8 Å². The van der Waals surface area contributed by atoms with Crippen molar-refractivity contribution in [2.24, 2.45) is 0 Å². The highest BCUT2D eigenvalue weighted by molar-refractivity contribution is 7.47. The van der Waals surface area contributed by atoms with Gasteiger partial charge in [-0.3, -0.25) is 13.8 Å². The van der Waals surface area contributed by atoms with Gasteiger partial charge in [0.1, 0.15) is 19.3 Å². The fraction of sp³-hybridized carbons (Fsp3) is 0.837. The predicted molar refractivity (Wildman–Crippen MR) is 220 cm³/mol. The van der Waals surface area contributed by atoms with E-state index in [1.165, 1.54) is 109 Å². The molecule has 0 spiro atoms. The minimum Gasteiger partial charge on any atom is -0.457 e. The number of ether oxygens (including phenoxy) is 2. The van der Waals surface area contributed by atoms with Gasteiger partial charge in [0.2, 0.25) is 0 Å². The van der Waals surface area contributed by atoms with Crippen LogP contribution < -0.4 is 0 Å². The maximum absolute atomic E-state index is 12.7. The lowest BCUT2D eigenvalue weighted by atomic mass is 10.1. The summed E-state index contributed by atoms with van der Waals surface area (Å²) >= 11 is 0. The molecule has 2 atom stereocenters. The molecule has 0 amide bonds. The van der Waals surface area contributed by atoms with Crippen LogP contribution in [0.1, 0.15) is 174 Å². The van der Waals surface area contributed by atoms with E-state index in [2.05, 4.69) is 50.3 Å². The van der Waals surface area contributed by atoms with Crippen LogP contribution in [0, 0.1) is 0 Å². The first-order valence-corrected chi connectivity index (χ1v) is 22.7. The van der Waals surface area contributed by atoms with Gasteiger partial charge >= 0.3 is 13.8 Å². The number of allylic oxidation sites excluding steroid dienone is 6. The van der Waals surface area contributed by atoms with Gasteiger partial charge < -0.3 is 18.9 Å². The number of phosphoric acid groups is 1. The molecule has 0 aliphatic heterocycles. The first kappa shape index (κ1) is 50.7. The molecule has 306 valence electrons. The van der Waals surface area contributed by atoms with Crippen LogP contribution in [0.25, 0.3) is 0 Å². The third kappa shape index (κ3) is 39.9. The number of hydrogen-bond acceptors (Lipinski definition) is 6.